The third-order valence-corrected chi connectivity index (χ3v) is 7.38. The number of unbranched alkanes of at least 4 members (excludes halogenated alkanes) is 6. The summed E-state index contributed by atoms with van der Waals surface area (Å²) in [5, 5.41) is 0. The zero-order valence-corrected chi connectivity index (χ0v) is 20.4. The second-order valence-electron chi connectivity index (χ2n) is 9.12. The van der Waals surface area contributed by atoms with Gasteiger partial charge in [-0.1, -0.05) is 111 Å². The van der Waals surface area contributed by atoms with Gasteiger partial charge in [0.15, 0.2) is 0 Å². The normalized spacial score (nSPS) is 15.5. The van der Waals surface area contributed by atoms with Gasteiger partial charge in [0.1, 0.15) is 0 Å². The van der Waals surface area contributed by atoms with Gasteiger partial charge in [0, 0.05) is 6.16 Å². The second kappa shape index (κ2) is 18.0. The minimum atomic E-state index is -3.80. The van der Waals surface area contributed by atoms with Crippen molar-refractivity contribution >= 4 is 7.60 Å². The van der Waals surface area contributed by atoms with E-state index in [0.29, 0.717) is 6.42 Å². The molecule has 0 aliphatic carbocycles. The van der Waals surface area contributed by atoms with E-state index >= 15 is 0 Å². The van der Waals surface area contributed by atoms with Crippen LogP contribution in [0.5, 0.6) is 0 Å². The lowest BCUT2D eigenvalue weighted by molar-refractivity contribution is 0.254. The molecule has 0 radical (unpaired) electrons. The maximum atomic E-state index is 10.9. The Balaban J connectivity index is 4.39. The standard InChI is InChI=1S/C24H51O3P/c1-5-9-16-22(7-3)20-24(21-23(8-4)17-10-6-2)18-14-12-11-13-15-19-28(25,26)27/h22-24H,5-21H2,1-4H3,(H2,25,26,27). The quantitative estimate of drug-likeness (QED) is 0.154. The van der Waals surface area contributed by atoms with E-state index in [9.17, 15) is 4.57 Å². The van der Waals surface area contributed by atoms with Crippen molar-refractivity contribution in [3.63, 3.8) is 0 Å². The Hall–Kier alpha value is 0.150. The van der Waals surface area contributed by atoms with Gasteiger partial charge in [0.05, 0.1) is 0 Å². The third kappa shape index (κ3) is 17.0. The molecule has 0 aromatic heterocycles. The van der Waals surface area contributed by atoms with Gasteiger partial charge in [-0.3, -0.25) is 4.57 Å². The summed E-state index contributed by atoms with van der Waals surface area (Å²) < 4.78 is 10.9. The maximum Gasteiger partial charge on any atom is 0.325 e. The summed E-state index contributed by atoms with van der Waals surface area (Å²) in [6.45, 7) is 9.34. The van der Waals surface area contributed by atoms with Crippen molar-refractivity contribution in [2.45, 2.75) is 130 Å². The predicted molar refractivity (Wildman–Crippen MR) is 124 cm³/mol. The molecule has 0 bridgehead atoms. The topological polar surface area (TPSA) is 57.5 Å². The molecule has 0 amide bonds. The predicted octanol–water partition coefficient (Wildman–Crippen LogP) is 8.33. The Labute approximate surface area is 176 Å². The first-order valence-electron chi connectivity index (χ1n) is 12.4. The molecule has 2 N–H and O–H groups in total. The molecule has 170 valence electrons. The molecular formula is C24H51O3P. The highest BCUT2D eigenvalue weighted by Gasteiger charge is 2.19. The lowest BCUT2D eigenvalue weighted by Gasteiger charge is -2.27. The molecule has 0 rings (SSSR count). The van der Waals surface area contributed by atoms with Crippen LogP contribution in [-0.2, 0) is 4.57 Å². The van der Waals surface area contributed by atoms with Crippen LogP contribution in [0, 0.1) is 17.8 Å². The van der Waals surface area contributed by atoms with Crippen LogP contribution in [0.4, 0.5) is 0 Å². The van der Waals surface area contributed by atoms with E-state index < -0.39 is 7.60 Å². The van der Waals surface area contributed by atoms with E-state index in [1.54, 1.807) is 0 Å². The Morgan fingerprint density at radius 1 is 0.607 bits per heavy atom. The average Bonchev–Trinajstić information content (AvgIpc) is 2.65. The lowest BCUT2D eigenvalue weighted by atomic mass is 9.79. The van der Waals surface area contributed by atoms with Crippen molar-refractivity contribution in [1.29, 1.82) is 0 Å². The Kier molecular flexibility index (Phi) is 18.1. The molecule has 0 aliphatic heterocycles. The highest BCUT2D eigenvalue weighted by atomic mass is 31.2. The number of rotatable bonds is 20. The summed E-state index contributed by atoms with van der Waals surface area (Å²) in [6, 6.07) is 0. The smallest absolute Gasteiger partial charge is 0.324 e. The first kappa shape index (κ1) is 28.1. The van der Waals surface area contributed by atoms with Gasteiger partial charge in [0.25, 0.3) is 0 Å². The fraction of sp³-hybridized carbons (Fsp3) is 1.00. The zero-order valence-electron chi connectivity index (χ0n) is 19.5. The van der Waals surface area contributed by atoms with Crippen LogP contribution in [0.2, 0.25) is 0 Å². The van der Waals surface area contributed by atoms with Crippen molar-refractivity contribution in [3.05, 3.63) is 0 Å². The van der Waals surface area contributed by atoms with Gasteiger partial charge in [-0.25, -0.2) is 0 Å². The van der Waals surface area contributed by atoms with E-state index in [1.165, 1.54) is 83.5 Å². The molecule has 0 aromatic rings. The summed E-state index contributed by atoms with van der Waals surface area (Å²) in [4.78, 5) is 17.9. The number of hydrogen-bond donors (Lipinski definition) is 2. The minimum Gasteiger partial charge on any atom is -0.324 e. The molecule has 0 aliphatic rings. The molecule has 0 saturated carbocycles. The highest BCUT2D eigenvalue weighted by molar-refractivity contribution is 7.51. The first-order valence-corrected chi connectivity index (χ1v) is 14.2. The van der Waals surface area contributed by atoms with Crippen LogP contribution >= 0.6 is 7.60 Å². The summed E-state index contributed by atoms with van der Waals surface area (Å²) in [6.07, 6.45) is 20.3. The van der Waals surface area contributed by atoms with E-state index in [4.69, 9.17) is 9.79 Å². The fourth-order valence-electron chi connectivity index (χ4n) is 4.52. The summed E-state index contributed by atoms with van der Waals surface area (Å²) in [5.41, 5.74) is 0. The Bertz CT molecular complexity index is 362. The highest BCUT2D eigenvalue weighted by Crippen LogP contribution is 2.36. The molecule has 2 atom stereocenters. The zero-order chi connectivity index (χ0) is 21.3. The Morgan fingerprint density at radius 2 is 1.04 bits per heavy atom. The van der Waals surface area contributed by atoms with E-state index in [2.05, 4.69) is 27.7 Å². The second-order valence-corrected chi connectivity index (χ2v) is 10.9. The summed E-state index contributed by atoms with van der Waals surface area (Å²) in [7, 11) is -3.80. The van der Waals surface area contributed by atoms with Crippen LogP contribution < -0.4 is 0 Å². The fourth-order valence-corrected chi connectivity index (χ4v) is 5.15. The summed E-state index contributed by atoms with van der Waals surface area (Å²) in [5.74, 6) is 2.67. The van der Waals surface area contributed by atoms with Crippen molar-refractivity contribution < 1.29 is 14.4 Å². The van der Waals surface area contributed by atoms with Gasteiger partial charge in [-0.05, 0) is 37.0 Å². The van der Waals surface area contributed by atoms with E-state index in [-0.39, 0.29) is 6.16 Å². The van der Waals surface area contributed by atoms with E-state index in [1.807, 2.05) is 0 Å². The SMILES string of the molecule is CCCCC(CC)CC(CCCCCCCP(=O)(O)O)CC(CC)CCCC. The van der Waals surface area contributed by atoms with Gasteiger partial charge in [-0.2, -0.15) is 0 Å². The molecule has 0 aromatic carbocycles. The molecule has 0 fully saturated rings. The van der Waals surface area contributed by atoms with Crippen LogP contribution in [0.25, 0.3) is 0 Å². The molecule has 0 saturated heterocycles. The molecule has 0 heterocycles. The Morgan fingerprint density at radius 3 is 1.46 bits per heavy atom. The third-order valence-electron chi connectivity index (χ3n) is 6.48. The molecule has 0 spiro atoms. The van der Waals surface area contributed by atoms with Crippen molar-refractivity contribution in [2.75, 3.05) is 6.16 Å². The summed E-state index contributed by atoms with van der Waals surface area (Å²) >= 11 is 0. The van der Waals surface area contributed by atoms with Gasteiger partial charge in [0.2, 0.25) is 0 Å². The first-order chi connectivity index (χ1) is 13.4. The molecule has 4 heteroatoms. The molecule has 28 heavy (non-hydrogen) atoms. The molecule has 3 nitrogen and oxygen atoms in total. The van der Waals surface area contributed by atoms with E-state index in [0.717, 1.165) is 30.6 Å². The van der Waals surface area contributed by atoms with Crippen molar-refractivity contribution in [2.24, 2.45) is 17.8 Å². The number of hydrogen-bond acceptors (Lipinski definition) is 1. The largest absolute Gasteiger partial charge is 0.325 e. The lowest BCUT2D eigenvalue weighted by Crippen LogP contribution is -2.14. The van der Waals surface area contributed by atoms with Crippen LogP contribution in [0.3, 0.4) is 0 Å². The monoisotopic (exact) mass is 418 g/mol. The average molecular weight is 419 g/mol. The minimum absolute atomic E-state index is 0.0564. The van der Waals surface area contributed by atoms with Crippen molar-refractivity contribution in [3.8, 4) is 0 Å². The van der Waals surface area contributed by atoms with Gasteiger partial charge in [-0.15, -0.1) is 0 Å². The van der Waals surface area contributed by atoms with Gasteiger partial charge >= 0.3 is 7.60 Å². The maximum absolute atomic E-state index is 10.9. The molecular weight excluding hydrogens is 367 g/mol. The van der Waals surface area contributed by atoms with Crippen LogP contribution in [0.1, 0.15) is 130 Å². The molecule has 2 unspecified atom stereocenters. The van der Waals surface area contributed by atoms with Crippen molar-refractivity contribution in [1.82, 2.24) is 0 Å². The van der Waals surface area contributed by atoms with Gasteiger partial charge < -0.3 is 9.79 Å². The van der Waals surface area contributed by atoms with Crippen LogP contribution in [-0.4, -0.2) is 15.9 Å². The van der Waals surface area contributed by atoms with Crippen LogP contribution in [0.15, 0.2) is 0 Å².